The van der Waals surface area contributed by atoms with Gasteiger partial charge in [-0.25, -0.2) is 10.2 Å². The highest BCUT2D eigenvalue weighted by molar-refractivity contribution is 5.80. The quantitative estimate of drug-likeness (QED) is 0.479. The number of hydrazine groups is 1. The molecule has 7 heteroatoms. The van der Waals surface area contributed by atoms with Crippen molar-refractivity contribution in [1.29, 1.82) is 0 Å². The number of nitrogens with zero attached hydrogens (tertiary/aromatic N) is 1. The summed E-state index contributed by atoms with van der Waals surface area (Å²) in [4.78, 5) is 25.0. The summed E-state index contributed by atoms with van der Waals surface area (Å²) in [5.41, 5.74) is 2.12. The molecule has 1 heterocycles. The Kier molecular flexibility index (Phi) is 5.10. The van der Waals surface area contributed by atoms with Crippen LogP contribution in [0.25, 0.3) is 0 Å². The third-order valence-corrected chi connectivity index (χ3v) is 3.55. The Bertz CT molecular complexity index is 516. The van der Waals surface area contributed by atoms with Gasteiger partial charge in [0.15, 0.2) is 18.2 Å². The van der Waals surface area contributed by atoms with Gasteiger partial charge in [0, 0.05) is 19.0 Å². The molecule has 0 aliphatic carbocycles. The summed E-state index contributed by atoms with van der Waals surface area (Å²) in [5.74, 6) is 4.07. The molecule has 0 radical (unpaired) electrons. The minimum Gasteiger partial charge on any atom is -0.481 e. The van der Waals surface area contributed by atoms with Gasteiger partial charge in [-0.1, -0.05) is 12.1 Å². The molecule has 0 unspecified atom stereocenters. The summed E-state index contributed by atoms with van der Waals surface area (Å²) in [5, 5.41) is 0. The van der Waals surface area contributed by atoms with Crippen LogP contribution in [0, 0.1) is 11.7 Å². The maximum Gasteiger partial charge on any atom is 0.260 e. The average molecular weight is 295 g/mol. The fourth-order valence-electron chi connectivity index (χ4n) is 2.30. The largest absolute Gasteiger partial charge is 0.481 e. The van der Waals surface area contributed by atoms with Crippen LogP contribution in [0.3, 0.4) is 0 Å². The van der Waals surface area contributed by atoms with E-state index < -0.39 is 5.82 Å². The Morgan fingerprint density at radius 1 is 1.33 bits per heavy atom. The van der Waals surface area contributed by atoms with E-state index in [4.69, 9.17) is 10.6 Å². The molecule has 2 rings (SSSR count). The molecule has 0 bridgehead atoms. The lowest BCUT2D eigenvalue weighted by molar-refractivity contribution is -0.137. The molecule has 0 atom stereocenters. The summed E-state index contributed by atoms with van der Waals surface area (Å²) in [6, 6.07) is 5.94. The second-order valence-corrected chi connectivity index (χ2v) is 4.88. The van der Waals surface area contributed by atoms with Gasteiger partial charge in [0.1, 0.15) is 0 Å². The lowest BCUT2D eigenvalue weighted by atomic mass is 9.96. The summed E-state index contributed by atoms with van der Waals surface area (Å²) in [6.07, 6.45) is 1.13. The predicted molar refractivity (Wildman–Crippen MR) is 73.5 cm³/mol. The van der Waals surface area contributed by atoms with E-state index in [9.17, 15) is 14.0 Å². The van der Waals surface area contributed by atoms with Crippen LogP contribution >= 0.6 is 0 Å². The van der Waals surface area contributed by atoms with Crippen LogP contribution in [0.4, 0.5) is 4.39 Å². The van der Waals surface area contributed by atoms with Crippen molar-refractivity contribution < 1.29 is 18.7 Å². The molecule has 3 N–H and O–H groups in total. The van der Waals surface area contributed by atoms with Crippen LogP contribution in [0.5, 0.6) is 5.75 Å². The summed E-state index contributed by atoms with van der Waals surface area (Å²) in [6.45, 7) is 0.726. The Hall–Kier alpha value is -2.15. The van der Waals surface area contributed by atoms with E-state index in [1.807, 2.05) is 0 Å². The van der Waals surface area contributed by atoms with E-state index in [0.717, 1.165) is 0 Å². The minimum absolute atomic E-state index is 0.0586. The van der Waals surface area contributed by atoms with Crippen LogP contribution in [-0.2, 0) is 9.59 Å². The van der Waals surface area contributed by atoms with E-state index >= 15 is 0 Å². The first kappa shape index (κ1) is 15.2. The van der Waals surface area contributed by atoms with Gasteiger partial charge in [-0.05, 0) is 25.0 Å². The minimum atomic E-state index is -0.497. The second kappa shape index (κ2) is 7.03. The Morgan fingerprint density at radius 3 is 2.62 bits per heavy atom. The van der Waals surface area contributed by atoms with Gasteiger partial charge in [0.25, 0.3) is 5.91 Å². The van der Waals surface area contributed by atoms with E-state index in [0.29, 0.717) is 25.9 Å². The molecule has 1 aromatic rings. The van der Waals surface area contributed by atoms with Crippen molar-refractivity contribution in [3.8, 4) is 5.75 Å². The molecule has 1 saturated heterocycles. The number of para-hydroxylation sites is 1. The van der Waals surface area contributed by atoms with Crippen LogP contribution in [0.1, 0.15) is 12.8 Å². The number of benzene rings is 1. The van der Waals surface area contributed by atoms with Gasteiger partial charge in [0.05, 0.1) is 0 Å². The zero-order valence-electron chi connectivity index (χ0n) is 11.5. The molecule has 1 aliphatic heterocycles. The molecule has 1 aliphatic rings. The number of nitrogens with one attached hydrogen (secondary N) is 1. The van der Waals surface area contributed by atoms with Crippen LogP contribution in [0.2, 0.25) is 0 Å². The van der Waals surface area contributed by atoms with E-state index in [1.165, 1.54) is 12.1 Å². The summed E-state index contributed by atoms with van der Waals surface area (Å²) in [7, 11) is 0. The number of nitrogens with two attached hydrogens (primary N) is 1. The molecule has 0 saturated carbocycles. The van der Waals surface area contributed by atoms with Crippen molar-refractivity contribution >= 4 is 11.8 Å². The van der Waals surface area contributed by atoms with Gasteiger partial charge in [-0.2, -0.15) is 0 Å². The standard InChI is InChI=1S/C14H18FN3O3/c15-11-3-1-2-4-12(11)21-9-13(19)18-7-5-10(6-8-18)14(20)17-16/h1-4,10H,5-9,16H2,(H,17,20). The number of likely N-dealkylation sites (tertiary alicyclic amines) is 1. The molecule has 1 fully saturated rings. The van der Waals surface area contributed by atoms with Crippen molar-refractivity contribution in [2.75, 3.05) is 19.7 Å². The maximum absolute atomic E-state index is 13.4. The Morgan fingerprint density at radius 2 is 2.00 bits per heavy atom. The fraction of sp³-hybridized carbons (Fsp3) is 0.429. The smallest absolute Gasteiger partial charge is 0.260 e. The third kappa shape index (κ3) is 3.91. The van der Waals surface area contributed by atoms with Crippen LogP contribution in [-0.4, -0.2) is 36.4 Å². The molecule has 1 aromatic carbocycles. The monoisotopic (exact) mass is 295 g/mol. The third-order valence-electron chi connectivity index (χ3n) is 3.55. The molecule has 114 valence electrons. The van der Waals surface area contributed by atoms with E-state index in [2.05, 4.69) is 5.43 Å². The van der Waals surface area contributed by atoms with Crippen LogP contribution in [0.15, 0.2) is 24.3 Å². The average Bonchev–Trinajstić information content (AvgIpc) is 2.53. The zero-order valence-corrected chi connectivity index (χ0v) is 11.5. The molecular weight excluding hydrogens is 277 g/mol. The molecule has 2 amide bonds. The SMILES string of the molecule is NNC(=O)C1CCN(C(=O)COc2ccccc2F)CC1. The number of halogens is 1. The van der Waals surface area contributed by atoms with E-state index in [-0.39, 0.29) is 30.1 Å². The summed E-state index contributed by atoms with van der Waals surface area (Å²) < 4.78 is 18.5. The number of hydrogen-bond acceptors (Lipinski definition) is 4. The van der Waals surface area contributed by atoms with E-state index in [1.54, 1.807) is 17.0 Å². The molecule has 21 heavy (non-hydrogen) atoms. The number of hydrogen-bond donors (Lipinski definition) is 2. The first-order chi connectivity index (χ1) is 10.1. The van der Waals surface area contributed by atoms with Gasteiger partial charge in [-0.3, -0.25) is 15.0 Å². The molecule has 0 aromatic heterocycles. The maximum atomic E-state index is 13.4. The van der Waals surface area contributed by atoms with Gasteiger partial charge >= 0.3 is 0 Å². The number of ether oxygens (including phenoxy) is 1. The second-order valence-electron chi connectivity index (χ2n) is 4.88. The van der Waals surface area contributed by atoms with Crippen molar-refractivity contribution in [1.82, 2.24) is 10.3 Å². The highest BCUT2D eigenvalue weighted by atomic mass is 19.1. The number of amides is 2. The van der Waals surface area contributed by atoms with Crippen molar-refractivity contribution in [2.45, 2.75) is 12.8 Å². The number of rotatable bonds is 4. The highest BCUT2D eigenvalue weighted by Gasteiger charge is 2.27. The number of carbonyl (C=O) groups is 2. The number of piperidine rings is 1. The highest BCUT2D eigenvalue weighted by Crippen LogP contribution is 2.18. The Labute approximate surface area is 122 Å². The predicted octanol–water partition coefficient (Wildman–Crippen LogP) is 0.433. The van der Waals surface area contributed by atoms with Gasteiger partial charge < -0.3 is 9.64 Å². The molecule has 0 spiro atoms. The van der Waals surface area contributed by atoms with Crippen molar-refractivity contribution in [3.05, 3.63) is 30.1 Å². The molecule has 6 nitrogen and oxygen atoms in total. The van der Waals surface area contributed by atoms with Gasteiger partial charge in [-0.15, -0.1) is 0 Å². The number of carbonyl (C=O) groups excluding carboxylic acids is 2. The lowest BCUT2D eigenvalue weighted by Gasteiger charge is -2.30. The van der Waals surface area contributed by atoms with Crippen LogP contribution < -0.4 is 16.0 Å². The molecular formula is C14H18FN3O3. The zero-order chi connectivity index (χ0) is 15.2. The first-order valence-corrected chi connectivity index (χ1v) is 6.77. The summed E-state index contributed by atoms with van der Waals surface area (Å²) >= 11 is 0. The lowest BCUT2D eigenvalue weighted by Crippen LogP contribution is -2.45. The van der Waals surface area contributed by atoms with Gasteiger partial charge in [0.2, 0.25) is 5.91 Å². The Balaban J connectivity index is 1.80. The van der Waals surface area contributed by atoms with Crippen molar-refractivity contribution in [3.63, 3.8) is 0 Å². The first-order valence-electron chi connectivity index (χ1n) is 6.77. The fourth-order valence-corrected chi connectivity index (χ4v) is 2.30. The van der Waals surface area contributed by atoms with Crippen molar-refractivity contribution in [2.24, 2.45) is 11.8 Å². The normalized spacial score (nSPS) is 15.6. The topological polar surface area (TPSA) is 84.7 Å².